The van der Waals surface area contributed by atoms with Crippen LogP contribution in [-0.4, -0.2) is 27.7 Å². The van der Waals surface area contributed by atoms with E-state index in [0.717, 1.165) is 0 Å². The zero-order valence-corrected chi connectivity index (χ0v) is 12.8. The van der Waals surface area contributed by atoms with Crippen molar-refractivity contribution in [3.05, 3.63) is 39.9 Å². The van der Waals surface area contributed by atoms with Gasteiger partial charge in [0, 0.05) is 17.0 Å². The van der Waals surface area contributed by atoms with Gasteiger partial charge in [0.15, 0.2) is 11.6 Å². The van der Waals surface area contributed by atoms with Crippen LogP contribution in [0.5, 0.6) is 0 Å². The third kappa shape index (κ3) is 2.71. The van der Waals surface area contributed by atoms with Crippen molar-refractivity contribution in [3.8, 4) is 6.07 Å². The number of rotatable bonds is 4. The second-order valence-electron chi connectivity index (χ2n) is 5.30. The Morgan fingerprint density at radius 3 is 2.57 bits per heavy atom. The van der Waals surface area contributed by atoms with Gasteiger partial charge in [-0.15, -0.1) is 0 Å². The van der Waals surface area contributed by atoms with Gasteiger partial charge in [-0.3, -0.25) is 14.4 Å². The molecule has 1 aliphatic rings. The summed E-state index contributed by atoms with van der Waals surface area (Å²) in [6, 6.07) is 6.16. The molecule has 0 unspecified atom stereocenters. The van der Waals surface area contributed by atoms with E-state index in [9.17, 15) is 24.8 Å². The first kappa shape index (κ1) is 16.7. The van der Waals surface area contributed by atoms with E-state index in [-0.39, 0.29) is 16.1 Å². The Bertz CT molecular complexity index is 805. The molecule has 0 heterocycles. The smallest absolute Gasteiger partial charge is 0.303 e. The maximum Gasteiger partial charge on any atom is 0.303 e. The largest absolute Gasteiger partial charge is 0.506 e. The van der Waals surface area contributed by atoms with Crippen LogP contribution in [0.2, 0.25) is 5.02 Å². The highest BCUT2D eigenvalue weighted by molar-refractivity contribution is 6.32. The highest BCUT2D eigenvalue weighted by Gasteiger charge is 2.46. The van der Waals surface area contributed by atoms with Crippen molar-refractivity contribution in [2.45, 2.75) is 25.2 Å². The van der Waals surface area contributed by atoms with Crippen molar-refractivity contribution < 1.29 is 24.6 Å². The maximum absolute atomic E-state index is 12.6. The topological polar surface area (TPSA) is 115 Å². The molecule has 2 rings (SSSR count). The van der Waals surface area contributed by atoms with Gasteiger partial charge >= 0.3 is 5.97 Å². The number of halogens is 1. The van der Waals surface area contributed by atoms with Crippen LogP contribution in [0.4, 0.5) is 0 Å². The highest BCUT2D eigenvalue weighted by Crippen LogP contribution is 2.40. The van der Waals surface area contributed by atoms with E-state index in [1.807, 2.05) is 6.07 Å². The number of hydrogen-bond acceptors (Lipinski definition) is 5. The molecule has 0 aromatic heterocycles. The molecule has 0 radical (unpaired) electrons. The fourth-order valence-electron chi connectivity index (χ4n) is 2.48. The lowest BCUT2D eigenvalue weighted by Crippen LogP contribution is -2.39. The average Bonchev–Trinajstić information content (AvgIpc) is 2.50. The maximum atomic E-state index is 12.6. The van der Waals surface area contributed by atoms with Gasteiger partial charge in [-0.25, -0.2) is 0 Å². The number of aliphatic carboxylic acids is 1. The van der Waals surface area contributed by atoms with Crippen LogP contribution in [-0.2, 0) is 19.8 Å². The van der Waals surface area contributed by atoms with E-state index >= 15 is 0 Å². The monoisotopic (exact) mass is 333 g/mol. The van der Waals surface area contributed by atoms with Crippen molar-refractivity contribution in [1.82, 2.24) is 0 Å². The quantitative estimate of drug-likeness (QED) is 0.817. The van der Waals surface area contributed by atoms with Gasteiger partial charge in [-0.05, 0) is 24.6 Å². The Balaban J connectivity index is 2.64. The van der Waals surface area contributed by atoms with Gasteiger partial charge in [0.2, 0.25) is 0 Å². The average molecular weight is 334 g/mol. The number of carbonyl (C=O) groups is 3. The Kier molecular flexibility index (Phi) is 4.26. The predicted octanol–water partition coefficient (Wildman–Crippen LogP) is 2.41. The predicted molar refractivity (Wildman–Crippen MR) is 80.8 cm³/mol. The first-order chi connectivity index (χ1) is 10.7. The van der Waals surface area contributed by atoms with Gasteiger partial charge in [0.1, 0.15) is 16.7 Å². The molecule has 6 nitrogen and oxygen atoms in total. The van der Waals surface area contributed by atoms with E-state index in [0.29, 0.717) is 0 Å². The molecule has 0 bridgehead atoms. The summed E-state index contributed by atoms with van der Waals surface area (Å²) in [5.74, 6) is -3.44. The SMILES string of the molecule is C[C@]1(C#N)C(=O)C(C(=O)CCC(=O)O)=C(O)c2cc(Cl)ccc21. The fourth-order valence-corrected chi connectivity index (χ4v) is 2.65. The standard InChI is InChI=1S/C16H12ClNO5/c1-16(7-18)10-3-2-8(17)6-9(10)14(22)13(15(16)23)11(19)4-5-12(20)21/h2-3,6,22H,4-5H2,1H3,(H,20,21)/t16-/m1/s1. The lowest BCUT2D eigenvalue weighted by atomic mass is 9.69. The van der Waals surface area contributed by atoms with Crippen LogP contribution < -0.4 is 0 Å². The summed E-state index contributed by atoms with van der Waals surface area (Å²) in [5, 5.41) is 28.6. The summed E-state index contributed by atoms with van der Waals surface area (Å²) in [5.41, 5.74) is -1.83. The highest BCUT2D eigenvalue weighted by atomic mass is 35.5. The minimum atomic E-state index is -1.65. The van der Waals surface area contributed by atoms with E-state index < -0.39 is 47.1 Å². The van der Waals surface area contributed by atoms with E-state index in [1.165, 1.54) is 25.1 Å². The number of aliphatic hydroxyl groups excluding tert-OH is 1. The van der Waals surface area contributed by atoms with E-state index in [4.69, 9.17) is 16.7 Å². The third-order valence-electron chi connectivity index (χ3n) is 3.76. The zero-order chi connectivity index (χ0) is 17.4. The van der Waals surface area contributed by atoms with Crippen LogP contribution in [0.15, 0.2) is 23.8 Å². The van der Waals surface area contributed by atoms with Crippen LogP contribution in [0.1, 0.15) is 30.9 Å². The molecule has 23 heavy (non-hydrogen) atoms. The molecule has 1 aromatic carbocycles. The molecule has 0 aliphatic heterocycles. The molecule has 0 fully saturated rings. The van der Waals surface area contributed by atoms with Crippen LogP contribution in [0, 0.1) is 11.3 Å². The van der Waals surface area contributed by atoms with Crippen molar-refractivity contribution in [3.63, 3.8) is 0 Å². The van der Waals surface area contributed by atoms with Gasteiger partial charge in [-0.1, -0.05) is 17.7 Å². The molecule has 118 valence electrons. The van der Waals surface area contributed by atoms with Crippen LogP contribution in [0.25, 0.3) is 5.76 Å². The van der Waals surface area contributed by atoms with Crippen LogP contribution >= 0.6 is 11.6 Å². The number of ketones is 2. The Hall–Kier alpha value is -2.65. The molecule has 0 saturated heterocycles. The van der Waals surface area contributed by atoms with Gasteiger partial charge in [0.25, 0.3) is 0 Å². The first-order valence-corrected chi connectivity index (χ1v) is 7.05. The molecule has 7 heteroatoms. The second kappa shape index (κ2) is 5.86. The molecule has 2 N–H and O–H groups in total. The zero-order valence-electron chi connectivity index (χ0n) is 12.1. The first-order valence-electron chi connectivity index (χ1n) is 6.67. The molecule has 1 aromatic rings. The van der Waals surface area contributed by atoms with E-state index in [2.05, 4.69) is 0 Å². The van der Waals surface area contributed by atoms with Crippen molar-refractivity contribution >= 4 is 34.9 Å². The number of carboxylic acids is 1. The third-order valence-corrected chi connectivity index (χ3v) is 4.00. The number of carbonyl (C=O) groups excluding carboxylic acids is 2. The molecule has 0 saturated carbocycles. The number of nitrogens with zero attached hydrogens (tertiary/aromatic N) is 1. The number of benzene rings is 1. The number of aliphatic hydroxyl groups is 1. The van der Waals surface area contributed by atoms with Gasteiger partial charge in [-0.2, -0.15) is 5.26 Å². The summed E-state index contributed by atoms with van der Waals surface area (Å²) in [6.07, 6.45) is -0.924. The summed E-state index contributed by atoms with van der Waals surface area (Å²) in [4.78, 5) is 35.3. The van der Waals surface area contributed by atoms with Crippen molar-refractivity contribution in [2.24, 2.45) is 0 Å². The molecular formula is C16H12ClNO5. The number of fused-ring (bicyclic) bond motifs is 1. The van der Waals surface area contributed by atoms with Crippen molar-refractivity contribution in [2.75, 3.05) is 0 Å². The number of allylic oxidation sites excluding steroid dienone is 1. The molecule has 1 atom stereocenters. The molecule has 0 spiro atoms. The Morgan fingerprint density at radius 1 is 1.35 bits per heavy atom. The van der Waals surface area contributed by atoms with Crippen LogP contribution in [0.3, 0.4) is 0 Å². The number of Topliss-reactive ketones (excluding diaryl/α,β-unsaturated/α-hetero) is 2. The molecule has 1 aliphatic carbocycles. The summed E-state index contributed by atoms with van der Waals surface area (Å²) >= 11 is 5.88. The Labute approximate surface area is 136 Å². The molecular weight excluding hydrogens is 322 g/mol. The Morgan fingerprint density at radius 2 is 2.00 bits per heavy atom. The number of carboxylic acid groups (broad SMARTS) is 1. The second-order valence-corrected chi connectivity index (χ2v) is 5.73. The minimum Gasteiger partial charge on any atom is -0.506 e. The number of hydrogen-bond donors (Lipinski definition) is 2. The van der Waals surface area contributed by atoms with Crippen molar-refractivity contribution in [1.29, 1.82) is 5.26 Å². The molecule has 0 amide bonds. The lowest BCUT2D eigenvalue weighted by Gasteiger charge is -2.29. The minimum absolute atomic E-state index is 0.125. The lowest BCUT2D eigenvalue weighted by molar-refractivity contribution is -0.138. The summed E-state index contributed by atoms with van der Waals surface area (Å²) < 4.78 is 0. The normalized spacial score (nSPS) is 20.0. The summed E-state index contributed by atoms with van der Waals surface area (Å²) in [7, 11) is 0. The summed E-state index contributed by atoms with van der Waals surface area (Å²) in [6.45, 7) is 1.35. The van der Waals surface area contributed by atoms with E-state index in [1.54, 1.807) is 0 Å². The van der Waals surface area contributed by atoms with Gasteiger partial charge in [0.05, 0.1) is 12.5 Å². The fraction of sp³-hybridized carbons (Fsp3) is 0.250. The van der Waals surface area contributed by atoms with Gasteiger partial charge < -0.3 is 10.2 Å². The number of nitriles is 1.